The number of ether oxygens (including phenoxy) is 1. The molecular weight excluding hydrogens is 238 g/mol. The average Bonchev–Trinajstić information content (AvgIpc) is 2.37. The Kier molecular flexibility index (Phi) is 4.27. The number of rotatable bonds is 3. The Hall–Kier alpha value is -1.32. The second-order valence-corrected chi connectivity index (χ2v) is 6.05. The maximum absolute atomic E-state index is 6.07. The molecule has 0 radical (unpaired) electrons. The summed E-state index contributed by atoms with van der Waals surface area (Å²) in [4.78, 5) is 8.86. The molecule has 0 unspecified atom stereocenters. The van der Waals surface area contributed by atoms with Crippen molar-refractivity contribution in [1.29, 1.82) is 0 Å². The van der Waals surface area contributed by atoms with Crippen molar-refractivity contribution in [2.45, 2.75) is 65.4 Å². The highest BCUT2D eigenvalue weighted by Crippen LogP contribution is 2.29. The molecule has 106 valence electrons. The maximum Gasteiger partial charge on any atom is 0.222 e. The van der Waals surface area contributed by atoms with Crippen molar-refractivity contribution in [3.8, 4) is 5.88 Å². The van der Waals surface area contributed by atoms with Gasteiger partial charge in [-0.15, -0.1) is 0 Å². The first-order chi connectivity index (χ1) is 8.97. The van der Waals surface area contributed by atoms with Gasteiger partial charge in [0.25, 0.3) is 0 Å². The Balaban J connectivity index is 2.15. The minimum atomic E-state index is 0.261. The molecule has 1 heterocycles. The van der Waals surface area contributed by atoms with Crippen LogP contribution in [0.25, 0.3) is 0 Å². The SMILES string of the molecule is Cc1c(N)nc(C(C)C)nc1OC1CCC(C)CC1. The number of aromatic nitrogens is 2. The molecule has 1 fully saturated rings. The van der Waals surface area contributed by atoms with Crippen LogP contribution in [0.1, 0.15) is 63.8 Å². The van der Waals surface area contributed by atoms with Crippen LogP contribution in [-0.2, 0) is 0 Å². The molecule has 4 heteroatoms. The quantitative estimate of drug-likeness (QED) is 0.907. The van der Waals surface area contributed by atoms with Gasteiger partial charge in [-0.1, -0.05) is 20.8 Å². The van der Waals surface area contributed by atoms with E-state index in [1.165, 1.54) is 12.8 Å². The Bertz CT molecular complexity index is 437. The largest absolute Gasteiger partial charge is 0.474 e. The van der Waals surface area contributed by atoms with Crippen LogP contribution >= 0.6 is 0 Å². The van der Waals surface area contributed by atoms with Gasteiger partial charge in [0.05, 0.1) is 5.56 Å². The van der Waals surface area contributed by atoms with Crippen molar-refractivity contribution >= 4 is 5.82 Å². The second kappa shape index (κ2) is 5.76. The van der Waals surface area contributed by atoms with Crippen LogP contribution in [0.5, 0.6) is 5.88 Å². The molecule has 0 aromatic carbocycles. The molecule has 2 N–H and O–H groups in total. The summed E-state index contributed by atoms with van der Waals surface area (Å²) in [6.07, 6.45) is 4.98. The highest BCUT2D eigenvalue weighted by molar-refractivity contribution is 5.44. The van der Waals surface area contributed by atoms with Crippen molar-refractivity contribution in [2.24, 2.45) is 5.92 Å². The zero-order chi connectivity index (χ0) is 14.0. The van der Waals surface area contributed by atoms with Gasteiger partial charge >= 0.3 is 0 Å². The van der Waals surface area contributed by atoms with Crippen molar-refractivity contribution in [2.75, 3.05) is 5.73 Å². The first-order valence-corrected chi connectivity index (χ1v) is 7.28. The predicted molar refractivity (Wildman–Crippen MR) is 77.3 cm³/mol. The third kappa shape index (κ3) is 3.37. The summed E-state index contributed by atoms with van der Waals surface area (Å²) < 4.78 is 6.07. The fraction of sp³-hybridized carbons (Fsp3) is 0.733. The third-order valence-electron chi connectivity index (χ3n) is 3.91. The number of nitrogen functional groups attached to an aromatic ring is 1. The third-order valence-corrected chi connectivity index (χ3v) is 3.91. The number of anilines is 1. The van der Waals surface area contributed by atoms with Crippen molar-refractivity contribution in [3.05, 3.63) is 11.4 Å². The predicted octanol–water partition coefficient (Wildman–Crippen LogP) is 3.45. The summed E-state index contributed by atoms with van der Waals surface area (Å²) in [6, 6.07) is 0. The van der Waals surface area contributed by atoms with Crippen LogP contribution in [0.2, 0.25) is 0 Å². The van der Waals surface area contributed by atoms with E-state index in [9.17, 15) is 0 Å². The molecule has 0 spiro atoms. The Morgan fingerprint density at radius 3 is 2.37 bits per heavy atom. The highest BCUT2D eigenvalue weighted by atomic mass is 16.5. The lowest BCUT2D eigenvalue weighted by atomic mass is 9.89. The summed E-state index contributed by atoms with van der Waals surface area (Å²) in [6.45, 7) is 8.37. The number of hydrogen-bond acceptors (Lipinski definition) is 4. The topological polar surface area (TPSA) is 61.0 Å². The van der Waals surface area contributed by atoms with Crippen molar-refractivity contribution in [3.63, 3.8) is 0 Å². The van der Waals surface area contributed by atoms with Crippen LogP contribution in [0, 0.1) is 12.8 Å². The lowest BCUT2D eigenvalue weighted by Crippen LogP contribution is -2.24. The van der Waals surface area contributed by atoms with E-state index >= 15 is 0 Å². The summed E-state index contributed by atoms with van der Waals surface area (Å²) in [5, 5.41) is 0. The lowest BCUT2D eigenvalue weighted by molar-refractivity contribution is 0.128. The number of nitrogens with two attached hydrogens (primary N) is 1. The van der Waals surface area contributed by atoms with E-state index in [-0.39, 0.29) is 12.0 Å². The van der Waals surface area contributed by atoms with Gasteiger partial charge < -0.3 is 10.5 Å². The molecule has 4 nitrogen and oxygen atoms in total. The Morgan fingerprint density at radius 1 is 1.16 bits per heavy atom. The second-order valence-electron chi connectivity index (χ2n) is 6.05. The first kappa shape index (κ1) is 14.1. The summed E-state index contributed by atoms with van der Waals surface area (Å²) in [5.74, 6) is 3.06. The minimum Gasteiger partial charge on any atom is -0.474 e. The van der Waals surface area contributed by atoms with Gasteiger partial charge in [-0.25, -0.2) is 4.98 Å². The molecule has 1 aromatic heterocycles. The molecule has 0 bridgehead atoms. The molecule has 0 aliphatic heterocycles. The van der Waals surface area contributed by atoms with Gasteiger partial charge in [0.2, 0.25) is 5.88 Å². The molecule has 1 aromatic rings. The van der Waals surface area contributed by atoms with Crippen molar-refractivity contribution in [1.82, 2.24) is 9.97 Å². The van der Waals surface area contributed by atoms with E-state index in [1.54, 1.807) is 0 Å². The number of nitrogens with zero attached hydrogens (tertiary/aromatic N) is 2. The summed E-state index contributed by atoms with van der Waals surface area (Å²) in [5.41, 5.74) is 6.82. The van der Waals surface area contributed by atoms with Crippen LogP contribution in [0.4, 0.5) is 5.82 Å². The highest BCUT2D eigenvalue weighted by Gasteiger charge is 2.22. The Labute approximate surface area is 115 Å². The molecule has 0 saturated heterocycles. The van der Waals surface area contributed by atoms with Gasteiger partial charge in [0, 0.05) is 5.92 Å². The summed E-state index contributed by atoms with van der Waals surface area (Å²) >= 11 is 0. The lowest BCUT2D eigenvalue weighted by Gasteiger charge is -2.27. The van der Waals surface area contributed by atoms with E-state index in [0.717, 1.165) is 30.1 Å². The normalized spacial score (nSPS) is 23.6. The Morgan fingerprint density at radius 2 is 1.79 bits per heavy atom. The zero-order valence-corrected chi connectivity index (χ0v) is 12.4. The van der Waals surface area contributed by atoms with Gasteiger partial charge in [-0.3, -0.25) is 0 Å². The van der Waals surface area contributed by atoms with Gasteiger partial charge in [-0.05, 0) is 38.5 Å². The van der Waals surface area contributed by atoms with Gasteiger partial charge in [0.1, 0.15) is 17.7 Å². The van der Waals surface area contributed by atoms with E-state index in [0.29, 0.717) is 11.7 Å². The smallest absolute Gasteiger partial charge is 0.222 e. The van der Waals surface area contributed by atoms with Crippen molar-refractivity contribution < 1.29 is 4.74 Å². The fourth-order valence-corrected chi connectivity index (χ4v) is 2.41. The fourth-order valence-electron chi connectivity index (χ4n) is 2.41. The molecule has 0 atom stereocenters. The molecule has 1 aliphatic carbocycles. The van der Waals surface area contributed by atoms with E-state index in [1.807, 2.05) is 6.92 Å². The molecule has 2 rings (SSSR count). The zero-order valence-electron chi connectivity index (χ0n) is 12.4. The molecule has 1 saturated carbocycles. The molecule has 19 heavy (non-hydrogen) atoms. The monoisotopic (exact) mass is 263 g/mol. The van der Waals surface area contributed by atoms with E-state index in [4.69, 9.17) is 10.5 Å². The van der Waals surface area contributed by atoms with E-state index in [2.05, 4.69) is 30.7 Å². The first-order valence-electron chi connectivity index (χ1n) is 7.28. The van der Waals surface area contributed by atoms with Crippen LogP contribution in [0.3, 0.4) is 0 Å². The van der Waals surface area contributed by atoms with Gasteiger partial charge in [-0.2, -0.15) is 4.98 Å². The minimum absolute atomic E-state index is 0.261. The van der Waals surface area contributed by atoms with Crippen LogP contribution in [0.15, 0.2) is 0 Å². The van der Waals surface area contributed by atoms with Gasteiger partial charge in [0.15, 0.2) is 0 Å². The van der Waals surface area contributed by atoms with Crippen LogP contribution < -0.4 is 10.5 Å². The standard InChI is InChI=1S/C15H25N3O/c1-9(2)14-17-13(16)11(4)15(18-14)19-12-7-5-10(3)6-8-12/h9-10,12H,5-8H2,1-4H3,(H2,16,17,18). The molecule has 0 amide bonds. The molecular formula is C15H25N3O. The van der Waals surface area contributed by atoms with E-state index < -0.39 is 0 Å². The number of hydrogen-bond donors (Lipinski definition) is 1. The molecule has 1 aliphatic rings. The van der Waals surface area contributed by atoms with Crippen LogP contribution in [-0.4, -0.2) is 16.1 Å². The summed E-state index contributed by atoms with van der Waals surface area (Å²) in [7, 11) is 0. The maximum atomic E-state index is 6.07. The average molecular weight is 263 g/mol.